The van der Waals surface area contributed by atoms with Crippen LogP contribution in [0.1, 0.15) is 35.2 Å². The summed E-state index contributed by atoms with van der Waals surface area (Å²) in [5.41, 5.74) is 1.18. The summed E-state index contributed by atoms with van der Waals surface area (Å²) in [5, 5.41) is 0. The van der Waals surface area contributed by atoms with Crippen molar-refractivity contribution in [2.24, 2.45) is 5.41 Å². The smallest absolute Gasteiger partial charge is 0.257 e. The van der Waals surface area contributed by atoms with E-state index in [1.54, 1.807) is 41.2 Å². The monoisotopic (exact) mass is 367 g/mol. The first-order valence-corrected chi connectivity index (χ1v) is 9.28. The van der Waals surface area contributed by atoms with Gasteiger partial charge in [0.25, 0.3) is 5.91 Å². The van der Waals surface area contributed by atoms with E-state index in [2.05, 4.69) is 4.98 Å². The minimum absolute atomic E-state index is 0.115. The molecule has 1 spiro atoms. The van der Waals surface area contributed by atoms with Gasteiger partial charge in [-0.15, -0.1) is 0 Å². The van der Waals surface area contributed by atoms with Gasteiger partial charge in [0.1, 0.15) is 5.82 Å². The molecule has 0 saturated carbocycles. The van der Waals surface area contributed by atoms with Gasteiger partial charge < -0.3 is 9.80 Å². The van der Waals surface area contributed by atoms with Crippen molar-refractivity contribution in [2.75, 3.05) is 24.5 Å². The molecule has 0 atom stereocenters. The third kappa shape index (κ3) is 2.99. The Morgan fingerprint density at radius 1 is 1.11 bits per heavy atom. The fourth-order valence-electron chi connectivity index (χ4n) is 4.24. The molecule has 1 aromatic heterocycles. The minimum atomic E-state index is -0.486. The predicted molar refractivity (Wildman–Crippen MR) is 99.9 cm³/mol. The molecule has 1 aromatic carbocycles. The van der Waals surface area contributed by atoms with E-state index in [1.807, 2.05) is 12.1 Å². The van der Waals surface area contributed by atoms with Crippen LogP contribution in [0.3, 0.4) is 0 Å². The number of halogens is 1. The van der Waals surface area contributed by atoms with E-state index >= 15 is 0 Å². The number of pyridine rings is 1. The van der Waals surface area contributed by atoms with Crippen LogP contribution in [0.4, 0.5) is 10.1 Å². The molecule has 6 heteroatoms. The van der Waals surface area contributed by atoms with Crippen LogP contribution in [-0.2, 0) is 4.79 Å². The molecule has 0 N–H and O–H groups in total. The number of hydrogen-bond acceptors (Lipinski definition) is 3. The number of anilines is 1. The normalized spacial score (nSPS) is 19.0. The number of carbonyl (C=O) groups is 2. The third-order valence-corrected chi connectivity index (χ3v) is 5.91. The Bertz CT molecular complexity index is 856. The maximum absolute atomic E-state index is 14.1. The Morgan fingerprint density at radius 2 is 1.85 bits per heavy atom. The molecule has 27 heavy (non-hydrogen) atoms. The summed E-state index contributed by atoms with van der Waals surface area (Å²) in [6.07, 6.45) is 5.40. The molecule has 0 unspecified atom stereocenters. The lowest BCUT2D eigenvalue weighted by Gasteiger charge is -2.38. The van der Waals surface area contributed by atoms with Crippen molar-refractivity contribution in [3.63, 3.8) is 0 Å². The number of rotatable bonds is 2. The van der Waals surface area contributed by atoms with Gasteiger partial charge in [-0.1, -0.05) is 12.1 Å². The zero-order valence-electron chi connectivity index (χ0n) is 15.3. The average molecular weight is 367 g/mol. The average Bonchev–Trinajstić information content (AvgIpc) is 2.99. The summed E-state index contributed by atoms with van der Waals surface area (Å²) >= 11 is 0. The number of aromatic nitrogens is 1. The number of hydrogen-bond donors (Lipinski definition) is 0. The van der Waals surface area contributed by atoms with Gasteiger partial charge >= 0.3 is 0 Å². The molecular weight excluding hydrogens is 345 g/mol. The lowest BCUT2D eigenvalue weighted by atomic mass is 9.77. The number of amides is 2. The fourth-order valence-corrected chi connectivity index (χ4v) is 4.24. The molecule has 0 bridgehead atoms. The SMILES string of the molecule is Cc1cccc(F)c1C(=O)N1CCC2(CC1)CCN(c1cccnc1)C2=O. The second-order valence-electron chi connectivity index (χ2n) is 7.42. The van der Waals surface area contributed by atoms with E-state index < -0.39 is 11.2 Å². The lowest BCUT2D eigenvalue weighted by Crippen LogP contribution is -2.47. The van der Waals surface area contributed by atoms with Crippen LogP contribution < -0.4 is 4.90 Å². The highest BCUT2D eigenvalue weighted by molar-refractivity contribution is 6.00. The van der Waals surface area contributed by atoms with Gasteiger partial charge in [0.2, 0.25) is 5.91 Å². The number of benzene rings is 1. The summed E-state index contributed by atoms with van der Waals surface area (Å²) in [7, 11) is 0. The first kappa shape index (κ1) is 17.6. The van der Waals surface area contributed by atoms with Crippen molar-refractivity contribution in [3.8, 4) is 0 Å². The Labute approximate surface area is 157 Å². The van der Waals surface area contributed by atoms with E-state index in [-0.39, 0.29) is 17.4 Å². The lowest BCUT2D eigenvalue weighted by molar-refractivity contribution is -0.127. The molecule has 2 amide bonds. The Kier molecular flexibility index (Phi) is 4.42. The number of carbonyl (C=O) groups excluding carboxylic acids is 2. The highest BCUT2D eigenvalue weighted by Crippen LogP contribution is 2.43. The molecule has 3 heterocycles. The number of nitrogens with zero attached hydrogens (tertiary/aromatic N) is 3. The van der Waals surface area contributed by atoms with Crippen molar-refractivity contribution < 1.29 is 14.0 Å². The van der Waals surface area contributed by atoms with Crippen molar-refractivity contribution in [1.82, 2.24) is 9.88 Å². The first-order chi connectivity index (χ1) is 13.0. The maximum atomic E-state index is 14.1. The number of likely N-dealkylation sites (tertiary alicyclic amines) is 1. The zero-order valence-corrected chi connectivity index (χ0v) is 15.3. The van der Waals surface area contributed by atoms with Crippen molar-refractivity contribution in [3.05, 3.63) is 59.7 Å². The molecule has 140 valence electrons. The standard InChI is InChI=1S/C21H22FN3O2/c1-15-4-2-6-17(22)18(15)19(26)24-11-7-21(8-12-24)9-13-25(20(21)27)16-5-3-10-23-14-16/h2-6,10,14H,7-9,11-13H2,1H3. The Morgan fingerprint density at radius 3 is 2.52 bits per heavy atom. The van der Waals surface area contributed by atoms with Crippen LogP contribution in [-0.4, -0.2) is 41.3 Å². The quantitative estimate of drug-likeness (QED) is 0.819. The van der Waals surface area contributed by atoms with E-state index in [9.17, 15) is 14.0 Å². The van der Waals surface area contributed by atoms with Crippen molar-refractivity contribution in [2.45, 2.75) is 26.2 Å². The Balaban J connectivity index is 1.48. The van der Waals surface area contributed by atoms with E-state index in [1.165, 1.54) is 6.07 Å². The molecule has 0 radical (unpaired) electrons. The van der Waals surface area contributed by atoms with Gasteiger partial charge in [0.05, 0.1) is 22.9 Å². The van der Waals surface area contributed by atoms with Gasteiger partial charge in [-0.25, -0.2) is 4.39 Å². The van der Waals surface area contributed by atoms with E-state index in [0.717, 1.165) is 12.1 Å². The largest absolute Gasteiger partial charge is 0.338 e. The molecular formula is C21H22FN3O2. The fraction of sp³-hybridized carbons (Fsp3) is 0.381. The van der Waals surface area contributed by atoms with E-state index in [4.69, 9.17) is 0 Å². The summed E-state index contributed by atoms with van der Waals surface area (Å²) < 4.78 is 14.1. The van der Waals surface area contributed by atoms with Gasteiger partial charge in [-0.3, -0.25) is 14.6 Å². The molecule has 2 saturated heterocycles. The van der Waals surface area contributed by atoms with Gasteiger partial charge in [0, 0.05) is 25.8 Å². The highest BCUT2D eigenvalue weighted by atomic mass is 19.1. The van der Waals surface area contributed by atoms with Gasteiger partial charge in [-0.2, -0.15) is 0 Å². The number of aryl methyl sites for hydroxylation is 1. The first-order valence-electron chi connectivity index (χ1n) is 9.28. The molecule has 2 aromatic rings. The summed E-state index contributed by atoms with van der Waals surface area (Å²) in [6, 6.07) is 8.39. The van der Waals surface area contributed by atoms with Gasteiger partial charge in [0.15, 0.2) is 0 Å². The zero-order chi connectivity index (χ0) is 19.0. The molecule has 4 rings (SSSR count). The highest BCUT2D eigenvalue weighted by Gasteiger charge is 2.49. The van der Waals surface area contributed by atoms with Crippen LogP contribution in [0.15, 0.2) is 42.7 Å². The van der Waals surface area contributed by atoms with Crippen LogP contribution >= 0.6 is 0 Å². The molecule has 0 aliphatic carbocycles. The topological polar surface area (TPSA) is 53.5 Å². The van der Waals surface area contributed by atoms with Crippen molar-refractivity contribution in [1.29, 1.82) is 0 Å². The van der Waals surface area contributed by atoms with Gasteiger partial charge in [-0.05, 0) is 49.9 Å². The summed E-state index contributed by atoms with van der Waals surface area (Å²) in [5.74, 6) is -0.653. The molecule has 2 aliphatic rings. The summed E-state index contributed by atoms with van der Waals surface area (Å²) in [4.78, 5) is 33.4. The second kappa shape index (κ2) is 6.76. The van der Waals surface area contributed by atoms with E-state index in [0.29, 0.717) is 38.0 Å². The van der Waals surface area contributed by atoms with Crippen molar-refractivity contribution >= 4 is 17.5 Å². The summed E-state index contributed by atoms with van der Waals surface area (Å²) in [6.45, 7) is 3.36. The molecule has 5 nitrogen and oxygen atoms in total. The number of piperidine rings is 1. The molecule has 2 fully saturated rings. The predicted octanol–water partition coefficient (Wildman–Crippen LogP) is 3.19. The third-order valence-electron chi connectivity index (χ3n) is 5.91. The van der Waals surface area contributed by atoms with Crippen LogP contribution in [0.5, 0.6) is 0 Å². The molecule has 2 aliphatic heterocycles. The minimum Gasteiger partial charge on any atom is -0.338 e. The van der Waals surface area contributed by atoms with Crippen LogP contribution in [0.25, 0.3) is 0 Å². The van der Waals surface area contributed by atoms with Crippen LogP contribution in [0, 0.1) is 18.2 Å². The Hall–Kier alpha value is -2.76. The second-order valence-corrected chi connectivity index (χ2v) is 7.42. The maximum Gasteiger partial charge on any atom is 0.257 e. The van der Waals surface area contributed by atoms with Crippen LogP contribution in [0.2, 0.25) is 0 Å².